The van der Waals surface area contributed by atoms with Gasteiger partial charge < -0.3 is 25.2 Å². The highest BCUT2D eigenvalue weighted by atomic mass is 32.1. The third kappa shape index (κ3) is 5.15. The van der Waals surface area contributed by atoms with E-state index in [1.165, 1.54) is 18.3 Å². The molecule has 1 saturated heterocycles. The van der Waals surface area contributed by atoms with E-state index in [-0.39, 0.29) is 11.5 Å². The van der Waals surface area contributed by atoms with Gasteiger partial charge in [0.25, 0.3) is 0 Å². The van der Waals surface area contributed by atoms with Gasteiger partial charge in [-0.15, -0.1) is 11.3 Å². The summed E-state index contributed by atoms with van der Waals surface area (Å²) in [5.74, 6) is 1.05. The third-order valence-corrected chi connectivity index (χ3v) is 6.28. The van der Waals surface area contributed by atoms with Gasteiger partial charge in [-0.3, -0.25) is 0 Å². The molecule has 3 heterocycles. The molecule has 1 aliphatic rings. The number of amides is 2. The van der Waals surface area contributed by atoms with Crippen molar-refractivity contribution in [3.05, 3.63) is 59.5 Å². The molecule has 0 radical (unpaired) electrons. The summed E-state index contributed by atoms with van der Waals surface area (Å²) in [5.41, 5.74) is 5.19. The molecule has 2 aromatic carbocycles. The number of ether oxygens (including phenoxy) is 1. The first-order valence-corrected chi connectivity index (χ1v) is 11.8. The zero-order valence-corrected chi connectivity index (χ0v) is 19.3. The van der Waals surface area contributed by atoms with E-state index < -0.39 is 6.03 Å². The Kier molecular flexibility index (Phi) is 6.42. The predicted octanol–water partition coefficient (Wildman–Crippen LogP) is 3.76. The maximum Gasteiger partial charge on any atom is 0.339 e. The highest BCUT2D eigenvalue weighted by molar-refractivity contribution is 7.17. The molecular formula is C24H22N6O4S. The fourth-order valence-electron chi connectivity index (χ4n) is 3.61. The van der Waals surface area contributed by atoms with Crippen molar-refractivity contribution in [1.82, 2.24) is 15.4 Å². The summed E-state index contributed by atoms with van der Waals surface area (Å²) in [7, 11) is 0. The molecular weight excluding hydrogens is 468 g/mol. The van der Waals surface area contributed by atoms with Gasteiger partial charge in [0.15, 0.2) is 23.1 Å². The molecule has 2 aromatic heterocycles. The zero-order chi connectivity index (χ0) is 24.2. The number of hydrogen-bond acceptors (Lipinski definition) is 9. The second kappa shape index (κ2) is 9.95. The Balaban J connectivity index is 1.27. The van der Waals surface area contributed by atoms with Crippen LogP contribution in [0.1, 0.15) is 5.56 Å². The van der Waals surface area contributed by atoms with Crippen LogP contribution in [-0.2, 0) is 4.74 Å². The second-order valence-corrected chi connectivity index (χ2v) is 8.67. The van der Waals surface area contributed by atoms with Crippen LogP contribution in [0.3, 0.4) is 0 Å². The number of thiophene rings is 1. The van der Waals surface area contributed by atoms with Crippen LogP contribution in [0.4, 0.5) is 16.3 Å². The van der Waals surface area contributed by atoms with Crippen LogP contribution in [0, 0.1) is 0 Å². The summed E-state index contributed by atoms with van der Waals surface area (Å²) >= 11 is 1.63. The average molecular weight is 491 g/mol. The third-order valence-electron chi connectivity index (χ3n) is 5.38. The van der Waals surface area contributed by atoms with E-state index in [4.69, 9.17) is 14.7 Å². The van der Waals surface area contributed by atoms with Crippen LogP contribution in [0.15, 0.2) is 59.0 Å². The van der Waals surface area contributed by atoms with Crippen molar-refractivity contribution in [3.63, 3.8) is 0 Å². The summed E-state index contributed by atoms with van der Waals surface area (Å²) in [6.07, 6.45) is 1.35. The second-order valence-electron chi connectivity index (χ2n) is 7.75. The lowest BCUT2D eigenvalue weighted by Crippen LogP contribution is -2.36. The number of phenolic OH excluding ortho intramolecular Hbond substituents is 2. The quantitative estimate of drug-likeness (QED) is 0.190. The number of phenols is 2. The van der Waals surface area contributed by atoms with Crippen molar-refractivity contribution in [2.24, 2.45) is 5.10 Å². The number of benzene rings is 2. The summed E-state index contributed by atoms with van der Waals surface area (Å²) in [6, 6.07) is 12.9. The first kappa shape index (κ1) is 22.6. The van der Waals surface area contributed by atoms with Gasteiger partial charge in [0.2, 0.25) is 0 Å². The van der Waals surface area contributed by atoms with Crippen molar-refractivity contribution < 1.29 is 19.7 Å². The van der Waals surface area contributed by atoms with E-state index in [0.717, 1.165) is 34.7 Å². The number of aromatic nitrogens is 2. The number of nitrogens with one attached hydrogen (secondary N) is 2. The van der Waals surface area contributed by atoms with Gasteiger partial charge in [-0.25, -0.2) is 20.2 Å². The Hall–Kier alpha value is -4.22. The largest absolute Gasteiger partial charge is 0.504 e. The van der Waals surface area contributed by atoms with Crippen LogP contribution in [0.25, 0.3) is 21.6 Å². The molecule has 4 aromatic rings. The molecule has 0 spiro atoms. The minimum Gasteiger partial charge on any atom is -0.504 e. The number of hydrazone groups is 1. The first-order chi connectivity index (χ1) is 17.1. The molecule has 178 valence electrons. The van der Waals surface area contributed by atoms with Crippen molar-refractivity contribution in [1.29, 1.82) is 0 Å². The Bertz CT molecular complexity index is 1380. The molecule has 35 heavy (non-hydrogen) atoms. The monoisotopic (exact) mass is 490 g/mol. The fraction of sp³-hybridized carbons (Fsp3) is 0.167. The number of carbonyl (C=O) groups excluding carboxylic acids is 1. The SMILES string of the molecule is O=C(N/N=C/c1ccc(O)c(O)c1)Nc1ccc(-c2nc(N3CCOCC3)c3sccc3n2)cc1. The van der Waals surface area contributed by atoms with E-state index in [1.54, 1.807) is 29.5 Å². The number of carbonyl (C=O) groups is 1. The number of fused-ring (bicyclic) bond motifs is 1. The molecule has 0 atom stereocenters. The van der Waals surface area contributed by atoms with E-state index in [1.807, 2.05) is 23.6 Å². The summed E-state index contributed by atoms with van der Waals surface area (Å²) in [4.78, 5) is 24.0. The van der Waals surface area contributed by atoms with Gasteiger partial charge in [-0.1, -0.05) is 0 Å². The Morgan fingerprint density at radius 2 is 1.86 bits per heavy atom. The molecule has 1 fully saturated rings. The Morgan fingerprint density at radius 1 is 1.06 bits per heavy atom. The van der Waals surface area contributed by atoms with Crippen LogP contribution < -0.4 is 15.6 Å². The van der Waals surface area contributed by atoms with Crippen LogP contribution in [-0.4, -0.2) is 58.7 Å². The van der Waals surface area contributed by atoms with Crippen molar-refractivity contribution >= 4 is 45.3 Å². The summed E-state index contributed by atoms with van der Waals surface area (Å²) < 4.78 is 6.54. The molecule has 10 nitrogen and oxygen atoms in total. The van der Waals surface area contributed by atoms with Gasteiger partial charge in [0.05, 0.1) is 29.6 Å². The molecule has 2 amide bonds. The lowest BCUT2D eigenvalue weighted by Gasteiger charge is -2.28. The van der Waals surface area contributed by atoms with E-state index in [9.17, 15) is 15.0 Å². The molecule has 0 unspecified atom stereocenters. The standard InChI is InChI=1S/C24H22N6O4S/c31-19-6-1-15(13-20(19)32)14-25-29-24(33)26-17-4-2-16(3-5-17)22-27-18-7-12-35-21(18)23(28-22)30-8-10-34-11-9-30/h1-7,12-14,31-32H,8-11H2,(H2,26,29,33)/b25-14+. The highest BCUT2D eigenvalue weighted by Crippen LogP contribution is 2.32. The maximum absolute atomic E-state index is 12.2. The highest BCUT2D eigenvalue weighted by Gasteiger charge is 2.18. The van der Waals surface area contributed by atoms with Gasteiger partial charge >= 0.3 is 6.03 Å². The lowest BCUT2D eigenvalue weighted by atomic mass is 10.2. The van der Waals surface area contributed by atoms with Gasteiger partial charge in [0.1, 0.15) is 0 Å². The minimum absolute atomic E-state index is 0.228. The fourth-order valence-corrected chi connectivity index (χ4v) is 4.46. The van der Waals surface area contributed by atoms with E-state index in [2.05, 4.69) is 20.7 Å². The van der Waals surface area contributed by atoms with Gasteiger partial charge in [-0.05, 0) is 59.5 Å². The van der Waals surface area contributed by atoms with Gasteiger partial charge in [0, 0.05) is 24.3 Å². The predicted molar refractivity (Wildman–Crippen MR) is 135 cm³/mol. The zero-order valence-electron chi connectivity index (χ0n) is 18.5. The number of rotatable bonds is 5. The average Bonchev–Trinajstić information content (AvgIpc) is 3.35. The molecule has 4 N–H and O–H groups in total. The summed E-state index contributed by atoms with van der Waals surface area (Å²) in [6.45, 7) is 2.93. The smallest absolute Gasteiger partial charge is 0.339 e. The van der Waals surface area contributed by atoms with Crippen LogP contribution in [0.2, 0.25) is 0 Å². The Morgan fingerprint density at radius 3 is 2.63 bits per heavy atom. The number of nitrogens with zero attached hydrogens (tertiary/aromatic N) is 4. The van der Waals surface area contributed by atoms with Crippen molar-refractivity contribution in [3.8, 4) is 22.9 Å². The number of aromatic hydroxyl groups is 2. The number of morpholine rings is 1. The molecule has 5 rings (SSSR count). The molecule has 0 saturated carbocycles. The molecule has 1 aliphatic heterocycles. The molecule has 0 aliphatic carbocycles. The summed E-state index contributed by atoms with van der Waals surface area (Å²) in [5, 5.41) is 27.4. The number of anilines is 2. The first-order valence-electron chi connectivity index (χ1n) is 10.9. The van der Waals surface area contributed by atoms with E-state index in [0.29, 0.717) is 30.3 Å². The number of hydrogen-bond donors (Lipinski definition) is 4. The molecule has 0 bridgehead atoms. The Labute approximate surface area is 204 Å². The van der Waals surface area contributed by atoms with Crippen molar-refractivity contribution in [2.75, 3.05) is 36.5 Å². The normalized spacial score (nSPS) is 13.9. The number of urea groups is 1. The minimum atomic E-state index is -0.525. The maximum atomic E-state index is 12.2. The lowest BCUT2D eigenvalue weighted by molar-refractivity contribution is 0.122. The van der Waals surface area contributed by atoms with Gasteiger partial charge in [-0.2, -0.15) is 5.10 Å². The van der Waals surface area contributed by atoms with Crippen LogP contribution >= 0.6 is 11.3 Å². The molecule has 11 heteroatoms. The van der Waals surface area contributed by atoms with E-state index >= 15 is 0 Å². The topological polar surface area (TPSA) is 132 Å². The van der Waals surface area contributed by atoms with Crippen LogP contribution in [0.5, 0.6) is 11.5 Å². The van der Waals surface area contributed by atoms with Crippen molar-refractivity contribution in [2.45, 2.75) is 0 Å².